The Kier molecular flexibility index (Phi) is 6.53. The average molecular weight is 254 g/mol. The number of piperidine rings is 1. The fraction of sp³-hybridized carbons (Fsp3) is 0.778. The van der Waals surface area contributed by atoms with E-state index in [9.17, 15) is 13.2 Å². The number of nitriles is 1. The van der Waals surface area contributed by atoms with Gasteiger partial charge in [0.1, 0.15) is 0 Å². The summed E-state index contributed by atoms with van der Waals surface area (Å²) in [5.74, 6) is -2.76. The predicted molar refractivity (Wildman–Crippen MR) is 51.0 cm³/mol. The molecule has 0 aliphatic carbocycles. The Morgan fingerprint density at radius 1 is 1.41 bits per heavy atom. The zero-order chi connectivity index (χ0) is 13.5. The molecule has 1 rings (SSSR count). The van der Waals surface area contributed by atoms with Crippen LogP contribution in [0, 0.1) is 11.3 Å². The first-order chi connectivity index (χ1) is 7.77. The Balaban J connectivity index is 0.000000325. The molecule has 8 heteroatoms. The number of alkyl halides is 3. The second kappa shape index (κ2) is 7.09. The van der Waals surface area contributed by atoms with Gasteiger partial charge < -0.3 is 10.2 Å². The van der Waals surface area contributed by atoms with Gasteiger partial charge >= 0.3 is 12.1 Å². The van der Waals surface area contributed by atoms with Crippen LogP contribution in [-0.4, -0.2) is 53.0 Å². The van der Waals surface area contributed by atoms with Crippen molar-refractivity contribution in [1.29, 1.82) is 5.26 Å². The number of likely N-dealkylation sites (tertiary alicyclic amines) is 1. The molecule has 5 nitrogen and oxygen atoms in total. The molecule has 0 atom stereocenters. The number of hydrogen-bond donors (Lipinski definition) is 2. The molecule has 98 valence electrons. The molecule has 0 aromatic rings. The van der Waals surface area contributed by atoms with Crippen LogP contribution in [0.2, 0.25) is 0 Å². The van der Waals surface area contributed by atoms with Crippen LogP contribution in [0.3, 0.4) is 0 Å². The maximum atomic E-state index is 10.6. The highest BCUT2D eigenvalue weighted by atomic mass is 19.4. The largest absolute Gasteiger partial charge is 0.490 e. The van der Waals surface area contributed by atoms with Crippen LogP contribution in [0.15, 0.2) is 0 Å². The SMILES string of the molecule is N#CCN1CCC(O)CC1.O=C(O)C(F)(F)F. The van der Waals surface area contributed by atoms with Crippen LogP contribution in [0.4, 0.5) is 13.2 Å². The lowest BCUT2D eigenvalue weighted by Gasteiger charge is -2.26. The second-order valence-electron chi connectivity index (χ2n) is 3.47. The van der Waals surface area contributed by atoms with Crippen molar-refractivity contribution in [3.05, 3.63) is 0 Å². The maximum absolute atomic E-state index is 10.6. The number of halogens is 3. The molecule has 1 heterocycles. The summed E-state index contributed by atoms with van der Waals surface area (Å²) in [5, 5.41) is 24.5. The first-order valence-corrected chi connectivity index (χ1v) is 4.85. The van der Waals surface area contributed by atoms with Gasteiger partial charge in [-0.25, -0.2) is 4.79 Å². The topological polar surface area (TPSA) is 84.6 Å². The Morgan fingerprint density at radius 2 is 1.82 bits per heavy atom. The Labute approximate surface area is 96.1 Å². The Morgan fingerprint density at radius 3 is 2.12 bits per heavy atom. The number of carboxylic acid groups (broad SMARTS) is 1. The van der Waals surface area contributed by atoms with Gasteiger partial charge in [-0.3, -0.25) is 4.90 Å². The van der Waals surface area contributed by atoms with Crippen molar-refractivity contribution in [3.8, 4) is 6.07 Å². The zero-order valence-corrected chi connectivity index (χ0v) is 8.94. The minimum Gasteiger partial charge on any atom is -0.475 e. The third kappa shape index (κ3) is 7.54. The number of aliphatic carboxylic acids is 1. The van der Waals surface area contributed by atoms with E-state index in [2.05, 4.69) is 11.0 Å². The second-order valence-corrected chi connectivity index (χ2v) is 3.47. The van der Waals surface area contributed by atoms with Crippen LogP contribution < -0.4 is 0 Å². The lowest BCUT2D eigenvalue weighted by Crippen LogP contribution is -2.35. The summed E-state index contributed by atoms with van der Waals surface area (Å²) in [6.45, 7) is 2.25. The standard InChI is InChI=1S/C7H12N2O.C2HF3O2/c8-3-6-9-4-1-7(10)2-5-9;3-2(4,5)1(6)7/h7,10H,1-2,4-6H2;(H,6,7). The lowest BCUT2D eigenvalue weighted by molar-refractivity contribution is -0.192. The van der Waals surface area contributed by atoms with E-state index in [1.165, 1.54) is 0 Å². The van der Waals surface area contributed by atoms with E-state index >= 15 is 0 Å². The van der Waals surface area contributed by atoms with E-state index in [1.807, 2.05) is 0 Å². The van der Waals surface area contributed by atoms with Gasteiger partial charge in [0.2, 0.25) is 0 Å². The van der Waals surface area contributed by atoms with Crippen molar-refractivity contribution in [1.82, 2.24) is 4.90 Å². The van der Waals surface area contributed by atoms with E-state index in [0.29, 0.717) is 6.54 Å². The van der Waals surface area contributed by atoms with E-state index in [1.54, 1.807) is 0 Å². The molecular weight excluding hydrogens is 241 g/mol. The lowest BCUT2D eigenvalue weighted by atomic mass is 10.1. The average Bonchev–Trinajstić information content (AvgIpc) is 2.21. The van der Waals surface area contributed by atoms with Crippen LogP contribution in [0.25, 0.3) is 0 Å². The van der Waals surface area contributed by atoms with E-state index in [-0.39, 0.29) is 6.10 Å². The first kappa shape index (κ1) is 15.7. The molecule has 1 fully saturated rings. The molecule has 0 spiro atoms. The molecular formula is C9H13F3N2O3. The molecule has 0 saturated carbocycles. The number of rotatable bonds is 1. The molecule has 17 heavy (non-hydrogen) atoms. The van der Waals surface area contributed by atoms with Gasteiger partial charge in [-0.15, -0.1) is 0 Å². The summed E-state index contributed by atoms with van der Waals surface area (Å²) in [7, 11) is 0. The molecule has 1 saturated heterocycles. The molecule has 0 unspecified atom stereocenters. The molecule has 1 aliphatic heterocycles. The molecule has 2 N–H and O–H groups in total. The first-order valence-electron chi connectivity index (χ1n) is 4.85. The van der Waals surface area contributed by atoms with Crippen molar-refractivity contribution in [2.45, 2.75) is 25.1 Å². The fourth-order valence-electron chi connectivity index (χ4n) is 1.18. The van der Waals surface area contributed by atoms with Gasteiger partial charge in [0.25, 0.3) is 0 Å². The smallest absolute Gasteiger partial charge is 0.475 e. The van der Waals surface area contributed by atoms with Gasteiger partial charge in [-0.2, -0.15) is 18.4 Å². The van der Waals surface area contributed by atoms with E-state index in [4.69, 9.17) is 20.3 Å². The zero-order valence-electron chi connectivity index (χ0n) is 8.94. The summed E-state index contributed by atoms with van der Waals surface area (Å²) in [6.07, 6.45) is -3.57. The van der Waals surface area contributed by atoms with Gasteiger partial charge in [0, 0.05) is 13.1 Å². The summed E-state index contributed by atoms with van der Waals surface area (Å²) < 4.78 is 31.7. The molecule has 0 aromatic carbocycles. The van der Waals surface area contributed by atoms with Crippen molar-refractivity contribution in [3.63, 3.8) is 0 Å². The summed E-state index contributed by atoms with van der Waals surface area (Å²) in [5.41, 5.74) is 0. The molecule has 0 bridgehead atoms. The van der Waals surface area contributed by atoms with Gasteiger partial charge in [-0.1, -0.05) is 0 Å². The number of aliphatic hydroxyl groups excluding tert-OH is 1. The summed E-state index contributed by atoms with van der Waals surface area (Å²) >= 11 is 0. The van der Waals surface area contributed by atoms with Crippen LogP contribution in [0.1, 0.15) is 12.8 Å². The quantitative estimate of drug-likeness (QED) is 0.669. The third-order valence-electron chi connectivity index (χ3n) is 2.09. The van der Waals surface area contributed by atoms with Crippen LogP contribution >= 0.6 is 0 Å². The summed E-state index contributed by atoms with van der Waals surface area (Å²) in [6, 6.07) is 2.10. The van der Waals surface area contributed by atoms with E-state index in [0.717, 1.165) is 25.9 Å². The fourth-order valence-corrected chi connectivity index (χ4v) is 1.18. The van der Waals surface area contributed by atoms with Crippen LogP contribution in [-0.2, 0) is 4.79 Å². The van der Waals surface area contributed by atoms with E-state index < -0.39 is 12.1 Å². The number of hydrogen-bond acceptors (Lipinski definition) is 4. The molecule has 0 amide bonds. The van der Waals surface area contributed by atoms with Crippen molar-refractivity contribution in [2.75, 3.05) is 19.6 Å². The maximum Gasteiger partial charge on any atom is 0.490 e. The minimum atomic E-state index is -5.08. The van der Waals surface area contributed by atoms with Crippen molar-refractivity contribution < 1.29 is 28.2 Å². The predicted octanol–water partition coefficient (Wildman–Crippen LogP) is 0.600. The molecule has 0 radical (unpaired) electrons. The highest BCUT2D eigenvalue weighted by Gasteiger charge is 2.38. The van der Waals surface area contributed by atoms with Gasteiger partial charge in [-0.05, 0) is 12.8 Å². The highest BCUT2D eigenvalue weighted by molar-refractivity contribution is 5.73. The Bertz CT molecular complexity index is 280. The normalized spacial score (nSPS) is 17.8. The number of carbonyl (C=O) groups is 1. The Hall–Kier alpha value is -1.33. The monoisotopic (exact) mass is 254 g/mol. The molecule has 1 aliphatic rings. The number of aliphatic hydroxyl groups is 1. The minimum absolute atomic E-state index is 0.130. The van der Waals surface area contributed by atoms with Crippen LogP contribution in [0.5, 0.6) is 0 Å². The molecule has 0 aromatic heterocycles. The third-order valence-corrected chi connectivity index (χ3v) is 2.09. The highest BCUT2D eigenvalue weighted by Crippen LogP contribution is 2.13. The number of carboxylic acids is 1. The number of nitrogens with zero attached hydrogens (tertiary/aromatic N) is 2. The van der Waals surface area contributed by atoms with Crippen molar-refractivity contribution in [2.24, 2.45) is 0 Å². The van der Waals surface area contributed by atoms with Crippen molar-refractivity contribution >= 4 is 5.97 Å². The van der Waals surface area contributed by atoms with Gasteiger partial charge in [0.05, 0.1) is 18.7 Å². The summed E-state index contributed by atoms with van der Waals surface area (Å²) in [4.78, 5) is 11.0. The van der Waals surface area contributed by atoms with Gasteiger partial charge in [0.15, 0.2) is 0 Å².